The Bertz CT molecular complexity index is 464. The summed E-state index contributed by atoms with van der Waals surface area (Å²) in [6.45, 7) is 3.21. The van der Waals surface area contributed by atoms with Gasteiger partial charge in [-0.15, -0.1) is 0 Å². The van der Waals surface area contributed by atoms with E-state index in [-0.39, 0.29) is 11.7 Å². The number of ether oxygens (including phenoxy) is 2. The highest BCUT2D eigenvalue weighted by atomic mass is 19.1. The van der Waals surface area contributed by atoms with E-state index in [0.29, 0.717) is 18.2 Å². The maximum Gasteiger partial charge on any atom is 0.254 e. The van der Waals surface area contributed by atoms with Crippen molar-refractivity contribution >= 4 is 5.91 Å². The topological polar surface area (TPSA) is 47.6 Å². The summed E-state index contributed by atoms with van der Waals surface area (Å²) in [4.78, 5) is 11.9. The summed E-state index contributed by atoms with van der Waals surface area (Å²) in [5.74, 6) is -0.288. The third-order valence-electron chi connectivity index (χ3n) is 3.48. The zero-order valence-electron chi connectivity index (χ0n) is 11.1. The van der Waals surface area contributed by atoms with E-state index >= 15 is 0 Å². The molecule has 0 radical (unpaired) electrons. The van der Waals surface area contributed by atoms with Crippen LogP contribution in [0, 0.1) is 11.7 Å². The Hall–Kier alpha value is -1.62. The SMILES string of the molecule is COc1ccc(C(=O)NCC2CCOC2C)c(F)c1. The monoisotopic (exact) mass is 267 g/mol. The highest BCUT2D eigenvalue weighted by molar-refractivity contribution is 5.94. The highest BCUT2D eigenvalue weighted by Crippen LogP contribution is 2.20. The lowest BCUT2D eigenvalue weighted by molar-refractivity contribution is 0.0904. The molecule has 0 aliphatic carbocycles. The van der Waals surface area contributed by atoms with Gasteiger partial charge in [0.05, 0.1) is 18.8 Å². The molecule has 104 valence electrons. The van der Waals surface area contributed by atoms with Gasteiger partial charge in [-0.2, -0.15) is 0 Å². The minimum atomic E-state index is -0.576. The molecule has 0 aromatic heterocycles. The number of halogens is 1. The van der Waals surface area contributed by atoms with Crippen LogP contribution in [-0.4, -0.2) is 32.3 Å². The summed E-state index contributed by atoms with van der Waals surface area (Å²) in [6, 6.07) is 4.20. The first-order valence-corrected chi connectivity index (χ1v) is 6.35. The van der Waals surface area contributed by atoms with E-state index in [0.717, 1.165) is 13.0 Å². The van der Waals surface area contributed by atoms with Crippen molar-refractivity contribution in [1.82, 2.24) is 5.32 Å². The van der Waals surface area contributed by atoms with Crippen molar-refractivity contribution in [3.05, 3.63) is 29.6 Å². The van der Waals surface area contributed by atoms with Crippen LogP contribution in [0.5, 0.6) is 5.75 Å². The van der Waals surface area contributed by atoms with Crippen molar-refractivity contribution in [3.8, 4) is 5.75 Å². The quantitative estimate of drug-likeness (QED) is 0.907. The van der Waals surface area contributed by atoms with E-state index < -0.39 is 11.7 Å². The fourth-order valence-electron chi connectivity index (χ4n) is 2.17. The molecule has 1 N–H and O–H groups in total. The summed E-state index contributed by atoms with van der Waals surface area (Å²) in [6.07, 6.45) is 1.06. The molecule has 1 aromatic carbocycles. The Labute approximate surface area is 111 Å². The molecule has 2 unspecified atom stereocenters. The minimum Gasteiger partial charge on any atom is -0.497 e. The van der Waals surface area contributed by atoms with Gasteiger partial charge >= 0.3 is 0 Å². The van der Waals surface area contributed by atoms with E-state index in [4.69, 9.17) is 9.47 Å². The van der Waals surface area contributed by atoms with Gasteiger partial charge in [0.25, 0.3) is 5.91 Å². The van der Waals surface area contributed by atoms with Crippen LogP contribution in [0.1, 0.15) is 23.7 Å². The van der Waals surface area contributed by atoms with Crippen LogP contribution in [0.15, 0.2) is 18.2 Å². The number of amides is 1. The predicted molar refractivity (Wildman–Crippen MR) is 68.8 cm³/mol. The summed E-state index contributed by atoms with van der Waals surface area (Å²) in [5, 5.41) is 2.75. The van der Waals surface area contributed by atoms with Crippen LogP contribution in [0.25, 0.3) is 0 Å². The molecule has 0 spiro atoms. The standard InChI is InChI=1S/C14H18FNO3/c1-9-10(5-6-19-9)8-16-14(17)12-4-3-11(18-2)7-13(12)15/h3-4,7,9-10H,5-6,8H2,1-2H3,(H,16,17). The molecule has 5 heteroatoms. The van der Waals surface area contributed by atoms with Crippen molar-refractivity contribution in [1.29, 1.82) is 0 Å². The first-order valence-electron chi connectivity index (χ1n) is 6.35. The Morgan fingerprint density at radius 1 is 1.58 bits per heavy atom. The van der Waals surface area contributed by atoms with Crippen molar-refractivity contribution in [2.45, 2.75) is 19.4 Å². The number of hydrogen-bond donors (Lipinski definition) is 1. The van der Waals surface area contributed by atoms with Gasteiger partial charge < -0.3 is 14.8 Å². The molecule has 4 nitrogen and oxygen atoms in total. The fraction of sp³-hybridized carbons (Fsp3) is 0.500. The molecule has 1 aromatic rings. The Morgan fingerprint density at radius 2 is 2.37 bits per heavy atom. The zero-order chi connectivity index (χ0) is 13.8. The van der Waals surface area contributed by atoms with Gasteiger partial charge in [-0.25, -0.2) is 4.39 Å². The van der Waals surface area contributed by atoms with Gasteiger partial charge in [0.2, 0.25) is 0 Å². The summed E-state index contributed by atoms with van der Waals surface area (Å²) >= 11 is 0. The van der Waals surface area contributed by atoms with Crippen molar-refractivity contribution in [2.75, 3.05) is 20.3 Å². The highest BCUT2D eigenvalue weighted by Gasteiger charge is 2.25. The Kier molecular flexibility index (Phi) is 4.37. The van der Waals surface area contributed by atoms with Crippen LogP contribution in [0.3, 0.4) is 0 Å². The second-order valence-electron chi connectivity index (χ2n) is 4.68. The molecule has 1 heterocycles. The molecule has 1 aliphatic heterocycles. The molecule has 19 heavy (non-hydrogen) atoms. The van der Waals surface area contributed by atoms with E-state index in [1.807, 2.05) is 6.92 Å². The number of methoxy groups -OCH3 is 1. The van der Waals surface area contributed by atoms with Crippen LogP contribution in [0.2, 0.25) is 0 Å². The number of carbonyl (C=O) groups is 1. The molecule has 2 atom stereocenters. The Balaban J connectivity index is 1.96. The normalized spacial score (nSPS) is 22.3. The lowest BCUT2D eigenvalue weighted by Gasteiger charge is -2.15. The van der Waals surface area contributed by atoms with Gasteiger partial charge in [-0.05, 0) is 25.5 Å². The number of carbonyl (C=O) groups excluding carboxylic acids is 1. The van der Waals surface area contributed by atoms with Crippen LogP contribution < -0.4 is 10.1 Å². The molecule has 1 aliphatic rings. The summed E-state index contributed by atoms with van der Waals surface area (Å²) in [5.41, 5.74) is 0.0346. The van der Waals surface area contributed by atoms with Gasteiger partial charge in [0, 0.05) is 25.1 Å². The van der Waals surface area contributed by atoms with Crippen LogP contribution in [-0.2, 0) is 4.74 Å². The van der Waals surface area contributed by atoms with Crippen molar-refractivity contribution in [2.24, 2.45) is 5.92 Å². The Morgan fingerprint density at radius 3 is 2.95 bits per heavy atom. The average molecular weight is 267 g/mol. The predicted octanol–water partition coefficient (Wildman–Crippen LogP) is 1.99. The number of benzene rings is 1. The minimum absolute atomic E-state index is 0.0346. The molecule has 0 bridgehead atoms. The molecule has 0 saturated carbocycles. The molecule has 1 saturated heterocycles. The van der Waals surface area contributed by atoms with Crippen molar-refractivity contribution in [3.63, 3.8) is 0 Å². The molecule has 2 rings (SSSR count). The molecule has 1 fully saturated rings. The summed E-state index contributed by atoms with van der Waals surface area (Å²) in [7, 11) is 1.45. The molecule has 1 amide bonds. The average Bonchev–Trinajstić information content (AvgIpc) is 2.81. The number of nitrogens with one attached hydrogen (secondary N) is 1. The first kappa shape index (κ1) is 13.8. The van der Waals surface area contributed by atoms with E-state index in [2.05, 4.69) is 5.32 Å². The lowest BCUT2D eigenvalue weighted by atomic mass is 10.0. The van der Waals surface area contributed by atoms with Gasteiger partial charge in [-0.3, -0.25) is 4.79 Å². The van der Waals surface area contributed by atoms with Crippen LogP contribution in [0.4, 0.5) is 4.39 Å². The first-order chi connectivity index (χ1) is 9.11. The number of rotatable bonds is 4. The maximum atomic E-state index is 13.7. The largest absolute Gasteiger partial charge is 0.497 e. The summed E-state index contributed by atoms with van der Waals surface area (Å²) < 4.78 is 24.0. The second kappa shape index (κ2) is 6.02. The maximum absolute atomic E-state index is 13.7. The molecular formula is C14H18FNO3. The lowest BCUT2D eigenvalue weighted by Crippen LogP contribution is -2.32. The third kappa shape index (κ3) is 3.23. The third-order valence-corrected chi connectivity index (χ3v) is 3.48. The molecular weight excluding hydrogens is 249 g/mol. The van der Waals surface area contributed by atoms with Gasteiger partial charge in [0.15, 0.2) is 0 Å². The van der Waals surface area contributed by atoms with Gasteiger partial charge in [0.1, 0.15) is 11.6 Å². The number of hydrogen-bond acceptors (Lipinski definition) is 3. The van der Waals surface area contributed by atoms with E-state index in [9.17, 15) is 9.18 Å². The van der Waals surface area contributed by atoms with Gasteiger partial charge in [-0.1, -0.05) is 0 Å². The fourth-order valence-corrected chi connectivity index (χ4v) is 2.17. The van der Waals surface area contributed by atoms with E-state index in [1.54, 1.807) is 6.07 Å². The zero-order valence-corrected chi connectivity index (χ0v) is 11.1. The second-order valence-corrected chi connectivity index (χ2v) is 4.68. The van der Waals surface area contributed by atoms with E-state index in [1.165, 1.54) is 19.2 Å². The smallest absolute Gasteiger partial charge is 0.254 e. The van der Waals surface area contributed by atoms with Crippen LogP contribution >= 0.6 is 0 Å². The van der Waals surface area contributed by atoms with Crippen molar-refractivity contribution < 1.29 is 18.7 Å².